The Morgan fingerprint density at radius 3 is 1.56 bits per heavy atom. The standard InChI is InChI=1S/C38H24O/c1-2-11-25(12-3-1)26-21-23-27(24-22-26)36-28-13-4-6-15-30(28)37(31-16-7-5-14-29(31)36)33-18-10-20-35-38(33)32-17-8-9-19-34(32)39-35/h1-24H/i23D,24D. The van der Waals surface area contributed by atoms with Crippen molar-refractivity contribution in [3.8, 4) is 33.4 Å². The molecule has 8 aromatic rings. The average Bonchev–Trinajstić information content (AvgIpc) is 3.40. The molecule has 0 atom stereocenters. The molecule has 0 aliphatic carbocycles. The van der Waals surface area contributed by atoms with Crippen LogP contribution in [0.5, 0.6) is 0 Å². The number of fused-ring (bicyclic) bond motifs is 5. The predicted molar refractivity (Wildman–Crippen MR) is 165 cm³/mol. The van der Waals surface area contributed by atoms with Crippen molar-refractivity contribution in [2.75, 3.05) is 0 Å². The Kier molecular flexibility index (Phi) is 4.45. The van der Waals surface area contributed by atoms with Crippen LogP contribution < -0.4 is 0 Å². The van der Waals surface area contributed by atoms with E-state index < -0.39 is 0 Å². The number of para-hydroxylation sites is 1. The van der Waals surface area contributed by atoms with Crippen LogP contribution in [0.2, 0.25) is 0 Å². The van der Waals surface area contributed by atoms with Crippen LogP contribution in [0.4, 0.5) is 0 Å². The third-order valence-corrected chi connectivity index (χ3v) is 7.70. The SMILES string of the molecule is [2H]c1cc(-c2ccccc2)cc([2H])c1-c1c2ccccc2c(-c2cccc3oc4ccccc4c23)c2ccccc12. The molecule has 0 saturated heterocycles. The molecule has 1 heteroatoms. The fourth-order valence-corrected chi connectivity index (χ4v) is 6.00. The molecular formula is C38H24O. The second-order valence-electron chi connectivity index (χ2n) is 9.89. The van der Waals surface area contributed by atoms with E-state index in [1.54, 1.807) is 0 Å². The zero-order valence-electron chi connectivity index (χ0n) is 23.1. The number of furan rings is 1. The second kappa shape index (κ2) is 8.72. The fourth-order valence-electron chi connectivity index (χ4n) is 6.00. The maximum atomic E-state index is 9.15. The van der Waals surface area contributed by atoms with Gasteiger partial charge in [0.15, 0.2) is 0 Å². The predicted octanol–water partition coefficient (Wildman–Crippen LogP) is 10.9. The summed E-state index contributed by atoms with van der Waals surface area (Å²) in [6, 6.07) is 45.7. The van der Waals surface area contributed by atoms with Gasteiger partial charge in [0.1, 0.15) is 11.2 Å². The van der Waals surface area contributed by atoms with Gasteiger partial charge >= 0.3 is 0 Å². The van der Waals surface area contributed by atoms with Gasteiger partial charge in [0.2, 0.25) is 0 Å². The van der Waals surface area contributed by atoms with Gasteiger partial charge in [0.25, 0.3) is 0 Å². The van der Waals surface area contributed by atoms with Crippen LogP contribution in [0.25, 0.3) is 76.9 Å². The number of rotatable bonds is 3. The molecule has 8 rings (SSSR count). The largest absolute Gasteiger partial charge is 0.456 e. The van der Waals surface area contributed by atoms with E-state index in [-0.39, 0.29) is 0 Å². The van der Waals surface area contributed by atoms with Crippen molar-refractivity contribution in [3.63, 3.8) is 0 Å². The van der Waals surface area contributed by atoms with Crippen molar-refractivity contribution in [2.24, 2.45) is 0 Å². The molecule has 0 spiro atoms. The molecule has 0 bridgehead atoms. The van der Waals surface area contributed by atoms with Crippen LogP contribution in [0.15, 0.2) is 150 Å². The first kappa shape index (κ1) is 19.9. The van der Waals surface area contributed by atoms with Crippen molar-refractivity contribution in [3.05, 3.63) is 146 Å². The maximum absolute atomic E-state index is 9.15. The highest BCUT2D eigenvalue weighted by Gasteiger charge is 2.19. The van der Waals surface area contributed by atoms with Gasteiger partial charge in [-0.05, 0) is 67.1 Å². The summed E-state index contributed by atoms with van der Waals surface area (Å²) in [5.41, 5.74) is 7.45. The molecule has 1 aromatic heterocycles. The highest BCUT2D eigenvalue weighted by Crippen LogP contribution is 2.46. The van der Waals surface area contributed by atoms with Crippen LogP contribution >= 0.6 is 0 Å². The first-order valence-corrected chi connectivity index (χ1v) is 13.2. The zero-order valence-corrected chi connectivity index (χ0v) is 21.1. The molecule has 7 aromatic carbocycles. The van der Waals surface area contributed by atoms with Crippen LogP contribution in [0, 0.1) is 0 Å². The molecule has 0 radical (unpaired) electrons. The number of hydrogen-bond acceptors (Lipinski definition) is 1. The minimum atomic E-state index is 0.349. The molecule has 0 amide bonds. The normalized spacial score (nSPS) is 12.3. The van der Waals surface area contributed by atoms with Crippen LogP contribution in [-0.4, -0.2) is 0 Å². The van der Waals surface area contributed by atoms with E-state index >= 15 is 0 Å². The molecule has 0 aliphatic rings. The van der Waals surface area contributed by atoms with Gasteiger partial charge in [-0.15, -0.1) is 0 Å². The molecule has 0 saturated carbocycles. The van der Waals surface area contributed by atoms with E-state index in [0.29, 0.717) is 17.6 Å². The summed E-state index contributed by atoms with van der Waals surface area (Å²) in [5, 5.41) is 6.42. The van der Waals surface area contributed by atoms with Gasteiger partial charge in [0.05, 0.1) is 2.74 Å². The van der Waals surface area contributed by atoms with E-state index in [4.69, 9.17) is 7.16 Å². The number of hydrogen-bond donors (Lipinski definition) is 0. The highest BCUT2D eigenvalue weighted by atomic mass is 16.3. The molecule has 0 aliphatic heterocycles. The third kappa shape index (κ3) is 3.41. The van der Waals surface area contributed by atoms with Crippen molar-refractivity contribution >= 4 is 43.5 Å². The Labute approximate surface area is 229 Å². The van der Waals surface area contributed by atoms with E-state index in [1.807, 2.05) is 72.8 Å². The Hall–Kier alpha value is -5.14. The summed E-state index contributed by atoms with van der Waals surface area (Å²) < 4.78 is 24.6. The van der Waals surface area contributed by atoms with Crippen LogP contribution in [-0.2, 0) is 0 Å². The molecule has 1 heterocycles. The average molecular weight is 499 g/mol. The van der Waals surface area contributed by atoms with Gasteiger partial charge in [-0.2, -0.15) is 0 Å². The van der Waals surface area contributed by atoms with Crippen LogP contribution in [0.3, 0.4) is 0 Å². The monoisotopic (exact) mass is 498 g/mol. The zero-order chi connectivity index (χ0) is 27.5. The van der Waals surface area contributed by atoms with Crippen molar-refractivity contribution in [2.45, 2.75) is 0 Å². The van der Waals surface area contributed by atoms with Crippen molar-refractivity contribution in [1.82, 2.24) is 0 Å². The van der Waals surface area contributed by atoms with E-state index in [0.717, 1.165) is 71.3 Å². The summed E-state index contributed by atoms with van der Waals surface area (Å²) in [6.45, 7) is 0. The molecule has 1 nitrogen and oxygen atoms in total. The molecule has 0 N–H and O–H groups in total. The van der Waals surface area contributed by atoms with E-state index in [1.165, 1.54) is 0 Å². The second-order valence-corrected chi connectivity index (χ2v) is 9.89. The van der Waals surface area contributed by atoms with E-state index in [2.05, 4.69) is 60.7 Å². The molecule has 0 fully saturated rings. The van der Waals surface area contributed by atoms with Gasteiger partial charge < -0.3 is 4.42 Å². The minimum absolute atomic E-state index is 0.349. The Morgan fingerprint density at radius 1 is 0.385 bits per heavy atom. The molecular weight excluding hydrogens is 472 g/mol. The topological polar surface area (TPSA) is 13.1 Å². The lowest BCUT2D eigenvalue weighted by molar-refractivity contribution is 0.669. The Bertz CT molecular complexity index is 2200. The Balaban J connectivity index is 1.49. The van der Waals surface area contributed by atoms with Crippen LogP contribution in [0.1, 0.15) is 2.74 Å². The molecule has 39 heavy (non-hydrogen) atoms. The first-order valence-electron chi connectivity index (χ1n) is 14.2. The summed E-state index contributed by atoms with van der Waals surface area (Å²) >= 11 is 0. The Morgan fingerprint density at radius 2 is 0.897 bits per heavy atom. The van der Waals surface area contributed by atoms with E-state index in [9.17, 15) is 0 Å². The molecule has 0 unspecified atom stereocenters. The molecule has 182 valence electrons. The van der Waals surface area contributed by atoms with Gasteiger partial charge in [-0.1, -0.05) is 133 Å². The van der Waals surface area contributed by atoms with Crippen molar-refractivity contribution in [1.29, 1.82) is 0 Å². The van der Waals surface area contributed by atoms with Gasteiger partial charge in [-0.3, -0.25) is 0 Å². The first-order chi connectivity index (χ1) is 20.2. The highest BCUT2D eigenvalue weighted by molar-refractivity contribution is 6.25. The summed E-state index contributed by atoms with van der Waals surface area (Å²) in [7, 11) is 0. The van der Waals surface area contributed by atoms with Crippen molar-refractivity contribution < 1.29 is 7.16 Å². The minimum Gasteiger partial charge on any atom is -0.456 e. The lowest BCUT2D eigenvalue weighted by Crippen LogP contribution is -1.91. The fraction of sp³-hybridized carbons (Fsp3) is 0. The summed E-state index contributed by atoms with van der Waals surface area (Å²) in [4.78, 5) is 0. The smallest absolute Gasteiger partial charge is 0.136 e. The lowest BCUT2D eigenvalue weighted by atomic mass is 9.84. The lowest BCUT2D eigenvalue weighted by Gasteiger charge is -2.18. The van der Waals surface area contributed by atoms with Gasteiger partial charge in [-0.25, -0.2) is 0 Å². The van der Waals surface area contributed by atoms with Gasteiger partial charge in [0, 0.05) is 10.8 Å². The maximum Gasteiger partial charge on any atom is 0.136 e. The summed E-state index contributed by atoms with van der Waals surface area (Å²) in [5.74, 6) is 0. The summed E-state index contributed by atoms with van der Waals surface area (Å²) in [6.07, 6.45) is 0. The third-order valence-electron chi connectivity index (χ3n) is 7.70. The quantitative estimate of drug-likeness (QED) is 0.221. The number of benzene rings is 7.